The van der Waals surface area contributed by atoms with Crippen LogP contribution in [0.5, 0.6) is 0 Å². The molecular formula is C15H10BrN. The SMILES string of the molecule is Brc1ccccc1N=CC#Cc1ccccc1. The van der Waals surface area contributed by atoms with E-state index in [1.54, 1.807) is 6.21 Å². The molecule has 2 aromatic carbocycles. The molecule has 0 saturated carbocycles. The van der Waals surface area contributed by atoms with E-state index in [0.717, 1.165) is 15.7 Å². The van der Waals surface area contributed by atoms with Crippen LogP contribution in [-0.4, -0.2) is 6.21 Å². The largest absolute Gasteiger partial charge is 0.247 e. The summed E-state index contributed by atoms with van der Waals surface area (Å²) in [5.41, 5.74) is 1.88. The Bertz CT molecular complexity index is 577. The van der Waals surface area contributed by atoms with Gasteiger partial charge in [0.2, 0.25) is 0 Å². The number of para-hydroxylation sites is 1. The Labute approximate surface area is 109 Å². The monoisotopic (exact) mass is 283 g/mol. The van der Waals surface area contributed by atoms with Crippen molar-refractivity contribution >= 4 is 27.8 Å². The minimum absolute atomic E-state index is 0.884. The lowest BCUT2D eigenvalue weighted by Gasteiger charge is -1.93. The van der Waals surface area contributed by atoms with E-state index in [1.807, 2.05) is 54.6 Å². The predicted octanol–water partition coefficient (Wildman–Crippen LogP) is 4.20. The molecule has 0 aliphatic rings. The van der Waals surface area contributed by atoms with Gasteiger partial charge in [0.15, 0.2) is 0 Å². The third-order valence-electron chi connectivity index (χ3n) is 2.11. The molecule has 0 unspecified atom stereocenters. The van der Waals surface area contributed by atoms with Crippen molar-refractivity contribution in [3.63, 3.8) is 0 Å². The Morgan fingerprint density at radius 1 is 0.941 bits per heavy atom. The van der Waals surface area contributed by atoms with Crippen molar-refractivity contribution in [1.29, 1.82) is 0 Å². The van der Waals surface area contributed by atoms with Gasteiger partial charge in [-0.25, -0.2) is 4.99 Å². The van der Waals surface area contributed by atoms with Gasteiger partial charge >= 0.3 is 0 Å². The molecule has 17 heavy (non-hydrogen) atoms. The second kappa shape index (κ2) is 6.03. The summed E-state index contributed by atoms with van der Waals surface area (Å²) in [5.74, 6) is 5.93. The van der Waals surface area contributed by atoms with Crippen molar-refractivity contribution in [2.75, 3.05) is 0 Å². The van der Waals surface area contributed by atoms with Gasteiger partial charge in [-0.3, -0.25) is 0 Å². The van der Waals surface area contributed by atoms with E-state index < -0.39 is 0 Å². The van der Waals surface area contributed by atoms with Gasteiger partial charge in [-0.15, -0.1) is 0 Å². The van der Waals surface area contributed by atoms with Crippen LogP contribution in [-0.2, 0) is 0 Å². The Morgan fingerprint density at radius 3 is 2.41 bits per heavy atom. The zero-order valence-electron chi connectivity index (χ0n) is 9.10. The quantitative estimate of drug-likeness (QED) is 0.549. The standard InChI is InChI=1S/C15H10BrN/c16-14-10-4-5-11-15(14)17-12-6-9-13-7-2-1-3-8-13/h1-5,7-8,10-12H. The molecule has 82 valence electrons. The number of rotatable bonds is 1. The summed E-state index contributed by atoms with van der Waals surface area (Å²) in [4.78, 5) is 4.28. The van der Waals surface area contributed by atoms with Crippen molar-refractivity contribution in [2.45, 2.75) is 0 Å². The molecule has 0 radical (unpaired) electrons. The number of aliphatic imine (C=N–C) groups is 1. The molecule has 0 N–H and O–H groups in total. The van der Waals surface area contributed by atoms with Gasteiger partial charge in [0.25, 0.3) is 0 Å². The van der Waals surface area contributed by atoms with Gasteiger partial charge in [0.05, 0.1) is 11.9 Å². The molecule has 0 aliphatic carbocycles. The summed E-state index contributed by atoms with van der Waals surface area (Å²) < 4.78 is 0.970. The highest BCUT2D eigenvalue weighted by Gasteiger charge is 1.92. The van der Waals surface area contributed by atoms with E-state index in [1.165, 1.54) is 0 Å². The second-order valence-corrected chi connectivity index (χ2v) is 4.20. The van der Waals surface area contributed by atoms with Crippen LogP contribution in [0.1, 0.15) is 5.56 Å². The first-order valence-electron chi connectivity index (χ1n) is 5.20. The molecule has 0 aromatic heterocycles. The minimum Gasteiger partial charge on any atom is -0.247 e. The van der Waals surface area contributed by atoms with Crippen molar-refractivity contribution in [1.82, 2.24) is 0 Å². The van der Waals surface area contributed by atoms with E-state index in [0.29, 0.717) is 0 Å². The molecule has 0 aliphatic heterocycles. The molecule has 1 nitrogen and oxygen atoms in total. The van der Waals surface area contributed by atoms with Crippen LogP contribution in [0.4, 0.5) is 5.69 Å². The van der Waals surface area contributed by atoms with Crippen molar-refractivity contribution in [2.24, 2.45) is 4.99 Å². The van der Waals surface area contributed by atoms with Gasteiger partial charge < -0.3 is 0 Å². The number of nitrogens with zero attached hydrogens (tertiary/aromatic N) is 1. The summed E-state index contributed by atoms with van der Waals surface area (Å²) in [7, 11) is 0. The number of hydrogen-bond donors (Lipinski definition) is 0. The Balaban J connectivity index is 2.09. The molecule has 2 aromatic rings. The van der Waals surface area contributed by atoms with Crippen LogP contribution >= 0.6 is 15.9 Å². The predicted molar refractivity (Wildman–Crippen MR) is 75.6 cm³/mol. The fraction of sp³-hybridized carbons (Fsp3) is 0. The Morgan fingerprint density at radius 2 is 1.65 bits per heavy atom. The van der Waals surface area contributed by atoms with Crippen molar-refractivity contribution in [3.8, 4) is 11.8 Å². The molecule has 0 fully saturated rings. The Hall–Kier alpha value is -1.85. The normalized spacial score (nSPS) is 9.94. The van der Waals surface area contributed by atoms with E-state index in [4.69, 9.17) is 0 Å². The van der Waals surface area contributed by atoms with Crippen LogP contribution in [0.25, 0.3) is 0 Å². The van der Waals surface area contributed by atoms with Gasteiger partial charge in [0, 0.05) is 10.0 Å². The maximum atomic E-state index is 4.28. The first-order chi connectivity index (χ1) is 8.36. The van der Waals surface area contributed by atoms with Crippen LogP contribution in [0, 0.1) is 11.8 Å². The van der Waals surface area contributed by atoms with E-state index in [2.05, 4.69) is 32.8 Å². The third kappa shape index (κ3) is 3.58. The number of benzene rings is 2. The zero-order chi connectivity index (χ0) is 11.9. The van der Waals surface area contributed by atoms with Crippen LogP contribution in [0.15, 0.2) is 64.1 Å². The third-order valence-corrected chi connectivity index (χ3v) is 2.78. The average molecular weight is 284 g/mol. The summed E-state index contributed by atoms with van der Waals surface area (Å²) in [6, 6.07) is 17.6. The van der Waals surface area contributed by atoms with Crippen LogP contribution < -0.4 is 0 Å². The fourth-order valence-electron chi connectivity index (χ4n) is 1.30. The van der Waals surface area contributed by atoms with E-state index in [-0.39, 0.29) is 0 Å². The second-order valence-electron chi connectivity index (χ2n) is 3.34. The number of halogens is 1. The van der Waals surface area contributed by atoms with Gasteiger partial charge in [-0.05, 0) is 46.1 Å². The van der Waals surface area contributed by atoms with Gasteiger partial charge in [-0.1, -0.05) is 36.3 Å². The molecule has 0 saturated heterocycles. The topological polar surface area (TPSA) is 12.4 Å². The Kier molecular flexibility index (Phi) is 4.12. The fourth-order valence-corrected chi connectivity index (χ4v) is 1.68. The van der Waals surface area contributed by atoms with Crippen LogP contribution in [0.2, 0.25) is 0 Å². The maximum absolute atomic E-state index is 4.28. The minimum atomic E-state index is 0.884. The number of hydrogen-bond acceptors (Lipinski definition) is 1. The smallest absolute Gasteiger partial charge is 0.0779 e. The first-order valence-corrected chi connectivity index (χ1v) is 5.99. The van der Waals surface area contributed by atoms with Gasteiger partial charge in [-0.2, -0.15) is 0 Å². The summed E-state index contributed by atoms with van der Waals surface area (Å²) in [5, 5.41) is 0. The molecule has 0 bridgehead atoms. The molecule has 2 heteroatoms. The molecule has 0 heterocycles. The lowest BCUT2D eigenvalue weighted by Crippen LogP contribution is -1.72. The van der Waals surface area contributed by atoms with Crippen LogP contribution in [0.3, 0.4) is 0 Å². The zero-order valence-corrected chi connectivity index (χ0v) is 10.7. The molecular weight excluding hydrogens is 274 g/mol. The van der Waals surface area contributed by atoms with Gasteiger partial charge in [0.1, 0.15) is 0 Å². The first kappa shape index (κ1) is 11.6. The van der Waals surface area contributed by atoms with E-state index in [9.17, 15) is 0 Å². The van der Waals surface area contributed by atoms with Crippen molar-refractivity contribution in [3.05, 3.63) is 64.6 Å². The van der Waals surface area contributed by atoms with Crippen molar-refractivity contribution < 1.29 is 0 Å². The molecule has 2 rings (SSSR count). The van der Waals surface area contributed by atoms with E-state index >= 15 is 0 Å². The summed E-state index contributed by atoms with van der Waals surface area (Å²) >= 11 is 3.43. The summed E-state index contributed by atoms with van der Waals surface area (Å²) in [6.45, 7) is 0. The average Bonchev–Trinajstić information content (AvgIpc) is 2.38. The summed E-state index contributed by atoms with van der Waals surface area (Å²) in [6.07, 6.45) is 1.62. The maximum Gasteiger partial charge on any atom is 0.0779 e. The molecule has 0 atom stereocenters. The lowest BCUT2D eigenvalue weighted by atomic mass is 10.2. The highest BCUT2D eigenvalue weighted by Crippen LogP contribution is 2.23. The highest BCUT2D eigenvalue weighted by molar-refractivity contribution is 9.10. The highest BCUT2D eigenvalue weighted by atomic mass is 79.9. The lowest BCUT2D eigenvalue weighted by molar-refractivity contribution is 1.51. The molecule has 0 amide bonds. The molecule has 0 spiro atoms.